The average molecular weight is 277 g/mol. The summed E-state index contributed by atoms with van der Waals surface area (Å²) in [5.74, 6) is 1.46. The van der Waals surface area contributed by atoms with Crippen molar-refractivity contribution >= 4 is 28.6 Å². The zero-order valence-corrected chi connectivity index (χ0v) is 11.3. The molecule has 2 heterocycles. The van der Waals surface area contributed by atoms with Crippen molar-refractivity contribution in [3.05, 3.63) is 23.2 Å². The van der Waals surface area contributed by atoms with Crippen molar-refractivity contribution in [1.29, 1.82) is 0 Å². The van der Waals surface area contributed by atoms with Crippen LogP contribution in [0.5, 0.6) is 0 Å². The zero-order valence-electron chi connectivity index (χ0n) is 10.6. The molecule has 2 aromatic heterocycles. The molecule has 0 radical (unpaired) electrons. The molecule has 3 rings (SSSR count). The van der Waals surface area contributed by atoms with E-state index in [1.54, 1.807) is 0 Å². The van der Waals surface area contributed by atoms with Crippen molar-refractivity contribution in [3.8, 4) is 11.6 Å². The van der Waals surface area contributed by atoms with Gasteiger partial charge >= 0.3 is 0 Å². The van der Waals surface area contributed by atoms with E-state index in [-0.39, 0.29) is 12.0 Å². The van der Waals surface area contributed by atoms with E-state index in [9.17, 15) is 0 Å². The van der Waals surface area contributed by atoms with E-state index in [1.165, 1.54) is 0 Å². The maximum absolute atomic E-state index is 6.06. The van der Waals surface area contributed by atoms with Gasteiger partial charge in [0.1, 0.15) is 0 Å². The Morgan fingerprint density at radius 1 is 1.32 bits per heavy atom. The second kappa shape index (κ2) is 4.24. The Labute approximate surface area is 114 Å². The molecule has 1 aromatic carbocycles. The number of benzene rings is 1. The van der Waals surface area contributed by atoms with Crippen LogP contribution < -0.4 is 5.73 Å². The Morgan fingerprint density at radius 3 is 2.74 bits per heavy atom. The highest BCUT2D eigenvalue weighted by molar-refractivity contribution is 6.31. The largest absolute Gasteiger partial charge is 0.366 e. The third-order valence-corrected chi connectivity index (χ3v) is 3.12. The quantitative estimate of drug-likeness (QED) is 0.753. The first-order valence-electron chi connectivity index (χ1n) is 5.92. The molecule has 3 aromatic rings. The van der Waals surface area contributed by atoms with Gasteiger partial charge in [-0.3, -0.25) is 5.10 Å². The van der Waals surface area contributed by atoms with Crippen molar-refractivity contribution in [2.45, 2.75) is 19.9 Å². The first kappa shape index (κ1) is 12.0. The summed E-state index contributed by atoms with van der Waals surface area (Å²) >= 11 is 6.06. The van der Waals surface area contributed by atoms with Gasteiger partial charge in [-0.05, 0) is 32.0 Å². The number of halogens is 1. The molecule has 0 aliphatic rings. The van der Waals surface area contributed by atoms with Crippen LogP contribution in [-0.2, 0) is 0 Å². The predicted molar refractivity (Wildman–Crippen MR) is 74.9 cm³/mol. The Morgan fingerprint density at radius 2 is 2.11 bits per heavy atom. The lowest BCUT2D eigenvalue weighted by molar-refractivity contribution is 0.622. The molecule has 0 saturated carbocycles. The molecular weight excluding hydrogens is 264 g/mol. The monoisotopic (exact) mass is 276 g/mol. The van der Waals surface area contributed by atoms with E-state index in [2.05, 4.69) is 38.6 Å². The first-order valence-corrected chi connectivity index (χ1v) is 6.30. The van der Waals surface area contributed by atoms with Gasteiger partial charge in [0, 0.05) is 11.1 Å². The van der Waals surface area contributed by atoms with E-state index in [0.29, 0.717) is 16.7 Å². The molecule has 0 saturated heterocycles. The van der Waals surface area contributed by atoms with Gasteiger partial charge in [0.25, 0.3) is 0 Å². The number of nitrogen functional groups attached to an aromatic ring is 1. The fourth-order valence-corrected chi connectivity index (χ4v) is 2.30. The van der Waals surface area contributed by atoms with E-state index < -0.39 is 0 Å². The van der Waals surface area contributed by atoms with Crippen LogP contribution in [0.25, 0.3) is 22.7 Å². The summed E-state index contributed by atoms with van der Waals surface area (Å²) in [4.78, 5) is 8.71. The molecule has 0 unspecified atom stereocenters. The van der Waals surface area contributed by atoms with Gasteiger partial charge in [0.05, 0.1) is 11.0 Å². The van der Waals surface area contributed by atoms with Crippen molar-refractivity contribution in [2.75, 3.05) is 5.73 Å². The number of hydrogen-bond donors (Lipinski definition) is 2. The second-order valence-corrected chi connectivity index (χ2v) is 5.01. The van der Waals surface area contributed by atoms with Crippen LogP contribution in [0.4, 0.5) is 5.95 Å². The molecule has 19 heavy (non-hydrogen) atoms. The average Bonchev–Trinajstić information content (AvgIpc) is 2.91. The minimum absolute atomic E-state index is 0.204. The maximum Gasteiger partial charge on any atom is 0.239 e. The molecule has 98 valence electrons. The van der Waals surface area contributed by atoms with Crippen molar-refractivity contribution in [1.82, 2.24) is 24.7 Å². The number of fused-ring (bicyclic) bond motifs is 1. The highest BCUT2D eigenvalue weighted by Gasteiger charge is 2.17. The lowest BCUT2D eigenvalue weighted by atomic mass is 10.3. The van der Waals surface area contributed by atoms with Crippen molar-refractivity contribution in [3.63, 3.8) is 0 Å². The summed E-state index contributed by atoms with van der Waals surface area (Å²) in [6.07, 6.45) is 0. The van der Waals surface area contributed by atoms with Crippen LogP contribution in [0, 0.1) is 0 Å². The van der Waals surface area contributed by atoms with E-state index in [1.807, 2.05) is 18.2 Å². The molecule has 0 atom stereocenters. The number of aromatic amines is 1. The zero-order chi connectivity index (χ0) is 13.6. The lowest BCUT2D eigenvalue weighted by Crippen LogP contribution is -2.04. The molecule has 0 fully saturated rings. The summed E-state index contributed by atoms with van der Waals surface area (Å²) in [7, 11) is 0. The SMILES string of the molecule is CC(C)n1c(-c2nc(N)n[nH]2)nc2ccc(Cl)cc21. The first-order chi connectivity index (χ1) is 9.06. The molecule has 0 aliphatic heterocycles. The fraction of sp³-hybridized carbons (Fsp3) is 0.250. The second-order valence-electron chi connectivity index (χ2n) is 4.57. The van der Waals surface area contributed by atoms with E-state index in [4.69, 9.17) is 17.3 Å². The summed E-state index contributed by atoms with van der Waals surface area (Å²) in [6, 6.07) is 5.82. The van der Waals surface area contributed by atoms with Crippen LogP contribution in [0.3, 0.4) is 0 Å². The summed E-state index contributed by atoms with van der Waals surface area (Å²) in [5, 5.41) is 7.31. The Balaban J connectivity index is 2.32. The summed E-state index contributed by atoms with van der Waals surface area (Å²) in [6.45, 7) is 4.15. The number of rotatable bonds is 2. The third-order valence-electron chi connectivity index (χ3n) is 2.88. The molecular formula is C12H13ClN6. The standard InChI is InChI=1S/C12H13ClN6/c1-6(2)19-9-5-7(13)3-4-8(9)15-11(19)10-16-12(14)18-17-10/h3-6H,1-2H3,(H3,14,16,17,18). The van der Waals surface area contributed by atoms with Crippen LogP contribution in [0.2, 0.25) is 5.02 Å². The lowest BCUT2D eigenvalue weighted by Gasteiger charge is -2.11. The number of hydrogen-bond acceptors (Lipinski definition) is 4. The number of imidazole rings is 1. The van der Waals surface area contributed by atoms with Crippen LogP contribution in [0.1, 0.15) is 19.9 Å². The number of nitrogens with two attached hydrogens (primary N) is 1. The third kappa shape index (κ3) is 1.94. The Bertz CT molecular complexity index is 742. The van der Waals surface area contributed by atoms with Crippen LogP contribution >= 0.6 is 11.6 Å². The van der Waals surface area contributed by atoms with Crippen molar-refractivity contribution in [2.24, 2.45) is 0 Å². The summed E-state index contributed by atoms with van der Waals surface area (Å²) in [5.41, 5.74) is 7.38. The van der Waals surface area contributed by atoms with Gasteiger partial charge in [0.2, 0.25) is 5.95 Å². The minimum Gasteiger partial charge on any atom is -0.366 e. The molecule has 3 N–H and O–H groups in total. The number of nitrogens with zero attached hydrogens (tertiary/aromatic N) is 4. The van der Waals surface area contributed by atoms with Gasteiger partial charge in [-0.1, -0.05) is 11.6 Å². The number of anilines is 1. The highest BCUT2D eigenvalue weighted by atomic mass is 35.5. The predicted octanol–water partition coefficient (Wildman–Crippen LogP) is 2.64. The number of H-pyrrole nitrogens is 1. The smallest absolute Gasteiger partial charge is 0.239 e. The molecule has 0 bridgehead atoms. The van der Waals surface area contributed by atoms with Gasteiger partial charge < -0.3 is 10.3 Å². The molecule has 0 aliphatic carbocycles. The van der Waals surface area contributed by atoms with E-state index in [0.717, 1.165) is 11.0 Å². The fourth-order valence-electron chi connectivity index (χ4n) is 2.13. The number of aromatic nitrogens is 5. The minimum atomic E-state index is 0.204. The Kier molecular flexibility index (Phi) is 2.67. The van der Waals surface area contributed by atoms with Crippen LogP contribution in [0.15, 0.2) is 18.2 Å². The Hall–Kier alpha value is -2.08. The number of nitrogens with one attached hydrogen (secondary N) is 1. The van der Waals surface area contributed by atoms with Gasteiger partial charge in [-0.15, -0.1) is 5.10 Å². The molecule has 0 spiro atoms. The van der Waals surface area contributed by atoms with Gasteiger partial charge in [-0.25, -0.2) is 4.98 Å². The normalized spacial score (nSPS) is 11.6. The van der Waals surface area contributed by atoms with Crippen LogP contribution in [-0.4, -0.2) is 24.7 Å². The van der Waals surface area contributed by atoms with Crippen molar-refractivity contribution < 1.29 is 0 Å². The topological polar surface area (TPSA) is 85.4 Å². The molecule has 0 amide bonds. The highest BCUT2D eigenvalue weighted by Crippen LogP contribution is 2.28. The van der Waals surface area contributed by atoms with Gasteiger partial charge in [0.15, 0.2) is 11.6 Å². The molecule has 6 nitrogen and oxygen atoms in total. The summed E-state index contributed by atoms with van der Waals surface area (Å²) < 4.78 is 2.06. The van der Waals surface area contributed by atoms with E-state index >= 15 is 0 Å². The molecule has 7 heteroatoms. The van der Waals surface area contributed by atoms with Gasteiger partial charge in [-0.2, -0.15) is 4.98 Å². The maximum atomic E-state index is 6.06.